The van der Waals surface area contributed by atoms with E-state index < -0.39 is 28.8 Å². The van der Waals surface area contributed by atoms with Crippen molar-refractivity contribution in [3.05, 3.63) is 107 Å². The van der Waals surface area contributed by atoms with Crippen LogP contribution in [0.2, 0.25) is 0 Å². The molecule has 3 amide bonds. The maximum Gasteiger partial charge on any atom is 0.254 e. The predicted octanol–water partition coefficient (Wildman–Crippen LogP) is 3.62. The Morgan fingerprint density at radius 2 is 1.55 bits per heavy atom. The standard InChI is InChI=1S/C32H37N3O4S/c1-22-12-10-11-17-25(22)20-33-30(38)29-32(2,3)40-21-35(29)31(39)28(37)26(18-23-13-6-4-7-14-23)34-27(36)19-24-15-8-5-9-16-24/h4-17,26,28-29,37H,18-21H2,1-3H3,(H,33,38)(H,34,36). The highest BCUT2D eigenvalue weighted by atomic mass is 32.2. The van der Waals surface area contributed by atoms with Crippen LogP contribution in [0.1, 0.15) is 36.1 Å². The van der Waals surface area contributed by atoms with E-state index in [4.69, 9.17) is 0 Å². The molecule has 0 aromatic heterocycles. The maximum atomic E-state index is 13.8. The van der Waals surface area contributed by atoms with Crippen LogP contribution in [-0.2, 0) is 33.8 Å². The van der Waals surface area contributed by atoms with Crippen molar-refractivity contribution in [3.8, 4) is 0 Å². The Hall–Kier alpha value is -3.62. The SMILES string of the molecule is Cc1ccccc1CNC(=O)C1N(C(=O)C(O)C(Cc2ccccc2)NC(=O)Cc2ccccc2)CSC1(C)C. The van der Waals surface area contributed by atoms with Crippen molar-refractivity contribution in [2.45, 2.75) is 63.1 Å². The first-order chi connectivity index (χ1) is 19.2. The highest BCUT2D eigenvalue weighted by molar-refractivity contribution is 8.00. The van der Waals surface area contributed by atoms with E-state index in [0.29, 0.717) is 6.54 Å². The van der Waals surface area contributed by atoms with Crippen molar-refractivity contribution in [1.29, 1.82) is 0 Å². The van der Waals surface area contributed by atoms with Gasteiger partial charge in [-0.1, -0.05) is 84.9 Å². The number of nitrogens with one attached hydrogen (secondary N) is 2. The molecule has 0 bridgehead atoms. The Kier molecular flexibility index (Phi) is 9.66. The van der Waals surface area contributed by atoms with Gasteiger partial charge in [-0.05, 0) is 49.4 Å². The number of hydrogen-bond acceptors (Lipinski definition) is 5. The molecule has 0 saturated carbocycles. The molecule has 3 atom stereocenters. The van der Waals surface area contributed by atoms with Crippen LogP contribution in [0.3, 0.4) is 0 Å². The van der Waals surface area contributed by atoms with Crippen molar-refractivity contribution in [2.24, 2.45) is 0 Å². The Balaban J connectivity index is 1.51. The minimum absolute atomic E-state index is 0.129. The lowest BCUT2D eigenvalue weighted by molar-refractivity contribution is -0.147. The Labute approximate surface area is 240 Å². The number of aryl methyl sites for hydroxylation is 1. The van der Waals surface area contributed by atoms with Gasteiger partial charge in [-0.25, -0.2) is 0 Å². The molecule has 1 heterocycles. The molecule has 1 fully saturated rings. The summed E-state index contributed by atoms with van der Waals surface area (Å²) in [5.41, 5.74) is 3.79. The molecular formula is C32H37N3O4S. The quantitative estimate of drug-likeness (QED) is 0.353. The lowest BCUT2D eigenvalue weighted by Crippen LogP contribution is -2.58. The molecule has 3 aromatic rings. The van der Waals surface area contributed by atoms with Crippen LogP contribution in [-0.4, -0.2) is 56.5 Å². The van der Waals surface area contributed by atoms with Crippen molar-refractivity contribution in [1.82, 2.24) is 15.5 Å². The first-order valence-electron chi connectivity index (χ1n) is 13.5. The summed E-state index contributed by atoms with van der Waals surface area (Å²) in [6.07, 6.45) is -1.13. The molecule has 210 valence electrons. The highest BCUT2D eigenvalue weighted by Gasteiger charge is 2.49. The monoisotopic (exact) mass is 559 g/mol. The van der Waals surface area contributed by atoms with E-state index in [9.17, 15) is 19.5 Å². The zero-order valence-electron chi connectivity index (χ0n) is 23.2. The predicted molar refractivity (Wildman–Crippen MR) is 158 cm³/mol. The summed E-state index contributed by atoms with van der Waals surface area (Å²) in [6, 6.07) is 24.9. The van der Waals surface area contributed by atoms with Crippen molar-refractivity contribution in [3.63, 3.8) is 0 Å². The van der Waals surface area contributed by atoms with Gasteiger partial charge in [0.15, 0.2) is 6.10 Å². The van der Waals surface area contributed by atoms with Gasteiger partial charge < -0.3 is 20.6 Å². The Morgan fingerprint density at radius 1 is 0.950 bits per heavy atom. The lowest BCUT2D eigenvalue weighted by atomic mass is 9.96. The van der Waals surface area contributed by atoms with Crippen LogP contribution in [0.5, 0.6) is 0 Å². The molecule has 0 aliphatic carbocycles. The molecule has 0 spiro atoms. The molecule has 7 nitrogen and oxygen atoms in total. The van der Waals surface area contributed by atoms with Gasteiger partial charge in [0.1, 0.15) is 6.04 Å². The number of hydrogen-bond donors (Lipinski definition) is 3. The van der Waals surface area contributed by atoms with E-state index in [1.165, 1.54) is 16.7 Å². The number of thioether (sulfide) groups is 1. The average Bonchev–Trinajstić information content (AvgIpc) is 3.27. The minimum atomic E-state index is -1.53. The van der Waals surface area contributed by atoms with Gasteiger partial charge in [0.25, 0.3) is 5.91 Å². The first-order valence-corrected chi connectivity index (χ1v) is 14.5. The van der Waals surface area contributed by atoms with Gasteiger partial charge in [0.05, 0.1) is 18.3 Å². The van der Waals surface area contributed by atoms with E-state index in [2.05, 4.69) is 10.6 Å². The molecule has 3 N–H and O–H groups in total. The van der Waals surface area contributed by atoms with Crippen LogP contribution in [0.4, 0.5) is 0 Å². The topological polar surface area (TPSA) is 98.7 Å². The zero-order chi connectivity index (χ0) is 28.7. The third kappa shape index (κ3) is 7.31. The fourth-order valence-corrected chi connectivity index (χ4v) is 6.13. The largest absolute Gasteiger partial charge is 0.381 e. The lowest BCUT2D eigenvalue weighted by Gasteiger charge is -2.33. The van der Waals surface area contributed by atoms with Crippen LogP contribution < -0.4 is 10.6 Å². The number of carbonyl (C=O) groups excluding carboxylic acids is 3. The molecule has 1 saturated heterocycles. The molecule has 3 unspecified atom stereocenters. The van der Waals surface area contributed by atoms with Crippen LogP contribution >= 0.6 is 11.8 Å². The molecule has 1 aliphatic rings. The molecule has 4 rings (SSSR count). The Morgan fingerprint density at radius 3 is 2.20 bits per heavy atom. The van der Waals surface area contributed by atoms with E-state index in [1.807, 2.05) is 106 Å². The highest BCUT2D eigenvalue weighted by Crippen LogP contribution is 2.40. The summed E-state index contributed by atoms with van der Waals surface area (Å²) in [7, 11) is 0. The smallest absolute Gasteiger partial charge is 0.254 e. The summed E-state index contributed by atoms with van der Waals surface area (Å²) in [6.45, 7) is 6.19. The molecule has 8 heteroatoms. The maximum absolute atomic E-state index is 13.8. The van der Waals surface area contributed by atoms with E-state index in [1.54, 1.807) is 0 Å². The van der Waals surface area contributed by atoms with E-state index in [-0.39, 0.29) is 30.5 Å². The second kappa shape index (κ2) is 13.2. The summed E-state index contributed by atoms with van der Waals surface area (Å²) in [5, 5.41) is 17.3. The summed E-state index contributed by atoms with van der Waals surface area (Å²) >= 11 is 1.49. The molecule has 3 aromatic carbocycles. The number of amides is 3. The third-order valence-corrected chi connectivity index (χ3v) is 8.65. The van der Waals surface area contributed by atoms with E-state index >= 15 is 0 Å². The van der Waals surface area contributed by atoms with Crippen LogP contribution in [0.15, 0.2) is 84.9 Å². The summed E-state index contributed by atoms with van der Waals surface area (Å²) in [4.78, 5) is 41.7. The van der Waals surface area contributed by atoms with Gasteiger partial charge in [0, 0.05) is 11.3 Å². The number of carbonyl (C=O) groups is 3. The average molecular weight is 560 g/mol. The number of nitrogens with zero attached hydrogens (tertiary/aromatic N) is 1. The Bertz CT molecular complexity index is 1320. The molecule has 40 heavy (non-hydrogen) atoms. The van der Waals surface area contributed by atoms with Crippen molar-refractivity contribution in [2.75, 3.05) is 5.88 Å². The van der Waals surface area contributed by atoms with Crippen LogP contribution in [0.25, 0.3) is 0 Å². The molecule has 0 radical (unpaired) electrons. The van der Waals surface area contributed by atoms with Crippen molar-refractivity contribution >= 4 is 29.5 Å². The van der Waals surface area contributed by atoms with Gasteiger partial charge in [-0.15, -0.1) is 11.8 Å². The van der Waals surface area contributed by atoms with Gasteiger partial charge in [-0.2, -0.15) is 0 Å². The number of rotatable bonds is 10. The second-order valence-electron chi connectivity index (χ2n) is 10.7. The zero-order valence-corrected chi connectivity index (χ0v) is 24.0. The fourth-order valence-electron chi connectivity index (χ4n) is 4.99. The molecule has 1 aliphatic heterocycles. The van der Waals surface area contributed by atoms with E-state index in [0.717, 1.165) is 22.3 Å². The first kappa shape index (κ1) is 29.4. The van der Waals surface area contributed by atoms with Gasteiger partial charge in [0.2, 0.25) is 11.8 Å². The summed E-state index contributed by atoms with van der Waals surface area (Å²) < 4.78 is -0.559. The number of benzene rings is 3. The normalized spacial score (nSPS) is 17.6. The fraction of sp³-hybridized carbons (Fsp3) is 0.344. The third-order valence-electron chi connectivity index (χ3n) is 7.28. The number of aliphatic hydroxyl groups is 1. The second-order valence-corrected chi connectivity index (χ2v) is 12.3. The molecular weight excluding hydrogens is 522 g/mol. The van der Waals surface area contributed by atoms with Gasteiger partial charge >= 0.3 is 0 Å². The minimum Gasteiger partial charge on any atom is -0.381 e. The van der Waals surface area contributed by atoms with Crippen LogP contribution in [0, 0.1) is 6.92 Å². The summed E-state index contributed by atoms with van der Waals surface area (Å²) in [5.74, 6) is -0.870. The van der Waals surface area contributed by atoms with Crippen molar-refractivity contribution < 1.29 is 19.5 Å². The number of aliphatic hydroxyl groups excluding tert-OH is 1. The van der Waals surface area contributed by atoms with Gasteiger partial charge in [-0.3, -0.25) is 14.4 Å².